The Kier molecular flexibility index (Phi) is 5.29. The molecule has 3 aromatic rings. The van der Waals surface area contributed by atoms with Crippen LogP contribution in [-0.2, 0) is 4.79 Å². The Morgan fingerprint density at radius 1 is 0.966 bits per heavy atom. The molecular formula is C24H23N3O2. The van der Waals surface area contributed by atoms with E-state index in [2.05, 4.69) is 10.2 Å². The predicted octanol–water partition coefficient (Wildman–Crippen LogP) is 4.19. The molecule has 3 aromatic carbocycles. The molecule has 0 aromatic heterocycles. The average molecular weight is 385 g/mol. The van der Waals surface area contributed by atoms with Crippen LogP contribution in [0.5, 0.6) is 0 Å². The minimum atomic E-state index is -0.514. The molecule has 1 heterocycles. The third-order valence-electron chi connectivity index (χ3n) is 5.22. The number of nitrogens with two attached hydrogens (primary N) is 1. The van der Waals surface area contributed by atoms with Gasteiger partial charge in [-0.25, -0.2) is 0 Å². The van der Waals surface area contributed by atoms with Crippen LogP contribution in [0.15, 0.2) is 66.7 Å². The summed E-state index contributed by atoms with van der Waals surface area (Å²) in [6, 6.07) is 19.3. The van der Waals surface area contributed by atoms with E-state index >= 15 is 0 Å². The number of nitrogens with zero attached hydrogens (tertiary/aromatic N) is 1. The molecule has 5 nitrogen and oxygen atoms in total. The summed E-state index contributed by atoms with van der Waals surface area (Å²) in [6.45, 7) is 1.87. The fraction of sp³-hybridized carbons (Fsp3) is 0.167. The number of benzene rings is 3. The van der Waals surface area contributed by atoms with Crippen molar-refractivity contribution in [3.8, 4) is 0 Å². The highest BCUT2D eigenvalue weighted by molar-refractivity contribution is 6.06. The number of amides is 2. The van der Waals surface area contributed by atoms with E-state index < -0.39 is 5.91 Å². The first-order valence-electron chi connectivity index (χ1n) is 9.77. The van der Waals surface area contributed by atoms with Crippen LogP contribution < -0.4 is 16.0 Å². The molecule has 1 aliphatic heterocycles. The summed E-state index contributed by atoms with van der Waals surface area (Å²) in [4.78, 5) is 26.4. The molecule has 5 heteroatoms. The minimum absolute atomic E-state index is 0.250. The number of anilines is 2. The van der Waals surface area contributed by atoms with Gasteiger partial charge in [0.15, 0.2) is 0 Å². The first kappa shape index (κ1) is 18.7. The third kappa shape index (κ3) is 4.14. The van der Waals surface area contributed by atoms with Crippen LogP contribution in [0.2, 0.25) is 0 Å². The molecule has 1 fully saturated rings. The summed E-state index contributed by atoms with van der Waals surface area (Å²) < 4.78 is 0. The SMILES string of the molecule is NC(=O)c1ccc(N2CCCC2)c(NC(=O)C=Cc2cccc3ccccc23)c1. The summed E-state index contributed by atoms with van der Waals surface area (Å²) >= 11 is 0. The van der Waals surface area contributed by atoms with Gasteiger partial charge in [-0.2, -0.15) is 0 Å². The molecular weight excluding hydrogens is 362 g/mol. The summed E-state index contributed by atoms with van der Waals surface area (Å²) in [5.41, 5.74) is 8.30. The Bertz CT molecular complexity index is 1090. The van der Waals surface area contributed by atoms with Gasteiger partial charge >= 0.3 is 0 Å². The highest BCUT2D eigenvalue weighted by Crippen LogP contribution is 2.30. The van der Waals surface area contributed by atoms with Gasteiger partial charge in [0, 0.05) is 24.7 Å². The highest BCUT2D eigenvalue weighted by Gasteiger charge is 2.18. The van der Waals surface area contributed by atoms with Gasteiger partial charge in [-0.1, -0.05) is 42.5 Å². The van der Waals surface area contributed by atoms with Gasteiger partial charge in [0.05, 0.1) is 11.4 Å². The molecule has 0 saturated carbocycles. The van der Waals surface area contributed by atoms with Crippen molar-refractivity contribution in [2.24, 2.45) is 5.73 Å². The summed E-state index contributed by atoms with van der Waals surface area (Å²) in [7, 11) is 0. The molecule has 3 N–H and O–H groups in total. The zero-order valence-electron chi connectivity index (χ0n) is 16.1. The van der Waals surface area contributed by atoms with Crippen LogP contribution in [0.4, 0.5) is 11.4 Å². The van der Waals surface area contributed by atoms with Crippen LogP contribution in [0.1, 0.15) is 28.8 Å². The van der Waals surface area contributed by atoms with Crippen LogP contribution in [0.3, 0.4) is 0 Å². The second kappa shape index (κ2) is 8.19. The number of primary amides is 1. The van der Waals surface area contributed by atoms with E-state index in [1.165, 1.54) is 6.08 Å². The van der Waals surface area contributed by atoms with Gasteiger partial charge in [-0.3, -0.25) is 9.59 Å². The zero-order chi connectivity index (χ0) is 20.2. The number of nitrogens with one attached hydrogen (secondary N) is 1. The van der Waals surface area contributed by atoms with Gasteiger partial charge in [0.2, 0.25) is 11.8 Å². The molecule has 4 rings (SSSR count). The van der Waals surface area contributed by atoms with Crippen LogP contribution in [0.25, 0.3) is 16.8 Å². The number of fused-ring (bicyclic) bond motifs is 1. The van der Waals surface area contributed by atoms with Gasteiger partial charge in [0.25, 0.3) is 0 Å². The monoisotopic (exact) mass is 385 g/mol. The molecule has 2 amide bonds. The second-order valence-corrected chi connectivity index (χ2v) is 7.18. The number of rotatable bonds is 5. The van der Waals surface area contributed by atoms with Gasteiger partial charge in [0.1, 0.15) is 0 Å². The van der Waals surface area contributed by atoms with Crippen molar-refractivity contribution in [2.45, 2.75) is 12.8 Å². The average Bonchev–Trinajstić information content (AvgIpc) is 3.26. The molecule has 0 atom stereocenters. The normalized spacial score (nSPS) is 13.9. The van der Waals surface area contributed by atoms with E-state index in [-0.39, 0.29) is 5.91 Å². The molecule has 146 valence electrons. The van der Waals surface area contributed by atoms with Crippen molar-refractivity contribution < 1.29 is 9.59 Å². The fourth-order valence-electron chi connectivity index (χ4n) is 3.76. The summed E-state index contributed by atoms with van der Waals surface area (Å²) in [6.07, 6.45) is 5.56. The molecule has 0 radical (unpaired) electrons. The van der Waals surface area contributed by atoms with Gasteiger partial charge < -0.3 is 16.0 Å². The van der Waals surface area contributed by atoms with Crippen molar-refractivity contribution in [2.75, 3.05) is 23.3 Å². The minimum Gasteiger partial charge on any atom is -0.370 e. The first-order valence-corrected chi connectivity index (χ1v) is 9.77. The third-order valence-corrected chi connectivity index (χ3v) is 5.22. The number of hydrogen-bond donors (Lipinski definition) is 2. The van der Waals surface area contributed by atoms with E-state index in [0.29, 0.717) is 11.3 Å². The summed E-state index contributed by atoms with van der Waals surface area (Å²) in [5.74, 6) is -0.764. The molecule has 0 bridgehead atoms. The molecule has 0 aliphatic carbocycles. The van der Waals surface area contributed by atoms with E-state index in [0.717, 1.165) is 48.0 Å². The lowest BCUT2D eigenvalue weighted by Crippen LogP contribution is -2.21. The lowest BCUT2D eigenvalue weighted by Gasteiger charge is -2.21. The second-order valence-electron chi connectivity index (χ2n) is 7.18. The Labute approximate surface area is 169 Å². The van der Waals surface area contributed by atoms with Crippen molar-refractivity contribution >= 4 is 40.0 Å². The standard InChI is InChI=1S/C24H23N3O2/c25-24(29)19-10-12-22(27-14-3-4-15-27)21(16-19)26-23(28)13-11-18-8-5-7-17-6-1-2-9-20(17)18/h1-2,5-13,16H,3-4,14-15H2,(H2,25,29)(H,26,28). The summed E-state index contributed by atoms with van der Waals surface area (Å²) in [5, 5.41) is 5.14. The topological polar surface area (TPSA) is 75.4 Å². The predicted molar refractivity (Wildman–Crippen MR) is 118 cm³/mol. The number of carbonyl (C=O) groups is 2. The van der Waals surface area contributed by atoms with Gasteiger partial charge in [-0.15, -0.1) is 0 Å². The van der Waals surface area contributed by atoms with E-state index in [1.807, 2.05) is 54.6 Å². The zero-order valence-corrected chi connectivity index (χ0v) is 16.1. The smallest absolute Gasteiger partial charge is 0.248 e. The molecule has 0 spiro atoms. The lowest BCUT2D eigenvalue weighted by atomic mass is 10.0. The maximum atomic E-state index is 12.6. The molecule has 29 heavy (non-hydrogen) atoms. The fourth-order valence-corrected chi connectivity index (χ4v) is 3.76. The Morgan fingerprint density at radius 3 is 2.52 bits per heavy atom. The van der Waals surface area contributed by atoms with Crippen LogP contribution in [0, 0.1) is 0 Å². The van der Waals surface area contributed by atoms with Crippen LogP contribution >= 0.6 is 0 Å². The first-order chi connectivity index (χ1) is 14.1. The molecule has 0 unspecified atom stereocenters. The number of hydrogen-bond acceptors (Lipinski definition) is 3. The maximum absolute atomic E-state index is 12.6. The van der Waals surface area contributed by atoms with Crippen molar-refractivity contribution in [1.82, 2.24) is 0 Å². The lowest BCUT2D eigenvalue weighted by molar-refractivity contribution is -0.111. The van der Waals surface area contributed by atoms with E-state index in [4.69, 9.17) is 5.73 Å². The van der Waals surface area contributed by atoms with Crippen molar-refractivity contribution in [1.29, 1.82) is 0 Å². The molecule has 1 aliphatic rings. The Morgan fingerprint density at radius 2 is 1.72 bits per heavy atom. The number of carbonyl (C=O) groups excluding carboxylic acids is 2. The van der Waals surface area contributed by atoms with E-state index in [9.17, 15) is 9.59 Å². The Balaban J connectivity index is 1.59. The van der Waals surface area contributed by atoms with E-state index in [1.54, 1.807) is 12.1 Å². The Hall–Kier alpha value is -3.60. The van der Waals surface area contributed by atoms with Crippen molar-refractivity contribution in [3.05, 3.63) is 77.9 Å². The highest BCUT2D eigenvalue weighted by atomic mass is 16.1. The van der Waals surface area contributed by atoms with Crippen LogP contribution in [-0.4, -0.2) is 24.9 Å². The quantitative estimate of drug-likeness (QED) is 0.647. The maximum Gasteiger partial charge on any atom is 0.248 e. The molecule has 1 saturated heterocycles. The van der Waals surface area contributed by atoms with Crippen molar-refractivity contribution in [3.63, 3.8) is 0 Å². The van der Waals surface area contributed by atoms with Gasteiger partial charge in [-0.05, 0) is 53.5 Å². The largest absolute Gasteiger partial charge is 0.370 e.